The molecule has 0 aromatic heterocycles. The van der Waals surface area contributed by atoms with Crippen LogP contribution >= 0.6 is 11.6 Å². The lowest BCUT2D eigenvalue weighted by Crippen LogP contribution is -2.66. The lowest BCUT2D eigenvalue weighted by molar-refractivity contribution is -0.235. The topological polar surface area (TPSA) is 107 Å². The van der Waals surface area contributed by atoms with Gasteiger partial charge in [-0.15, -0.1) is 0 Å². The van der Waals surface area contributed by atoms with Gasteiger partial charge in [0.2, 0.25) is 0 Å². The van der Waals surface area contributed by atoms with Gasteiger partial charge in [0, 0.05) is 48.5 Å². The molecule has 0 unspecified atom stereocenters. The fourth-order valence-corrected chi connectivity index (χ4v) is 14.0. The predicted molar refractivity (Wildman–Crippen MR) is 227 cm³/mol. The summed E-state index contributed by atoms with van der Waals surface area (Å²) >= 11 is 6.67. The van der Waals surface area contributed by atoms with Crippen LogP contribution in [-0.4, -0.2) is 83.7 Å². The number of aliphatic hydroxyl groups excluding tert-OH is 1. The van der Waals surface area contributed by atoms with Crippen LogP contribution in [0.2, 0.25) is 5.02 Å². The molecule has 0 heterocycles. The van der Waals surface area contributed by atoms with Crippen LogP contribution in [0.25, 0.3) is 0 Å². The molecule has 9 heteroatoms. The molecule has 0 radical (unpaired) electrons. The standard InChI is InChI=1S/C48H73ClN2O6/c1-30(2)40-34(52)26-48(37(53)29-51(25-24-50(10)11)28-31-14-12-13-15-33(31)49)23-22-46(8)32(41(40)48)16-17-36-45(7)20-19-38(57-39(54)27-43(3,4)42(55)56)44(5,6)35(45)18-21-47(36,46)9/h12-15,30,32,35-38,53H,16-29H2,1-11H3,(H,55,56)/t32-,35+,36-,37+,38+,45+,46-,47-,48+/m1/s1. The predicted octanol–water partition coefficient (Wildman–Crippen LogP) is 9.46. The Balaban J connectivity index is 1.29. The Hall–Kier alpha value is -2.26. The van der Waals surface area contributed by atoms with Gasteiger partial charge in [-0.05, 0) is 136 Å². The van der Waals surface area contributed by atoms with Crippen molar-refractivity contribution in [3.63, 3.8) is 0 Å². The van der Waals surface area contributed by atoms with Gasteiger partial charge in [0.05, 0.1) is 17.9 Å². The van der Waals surface area contributed by atoms with E-state index in [-0.39, 0.29) is 51.8 Å². The summed E-state index contributed by atoms with van der Waals surface area (Å²) in [5.74, 6) is -0.0237. The number of ketones is 1. The number of aliphatic hydroxyl groups is 1. The lowest BCUT2D eigenvalue weighted by Gasteiger charge is -2.72. The van der Waals surface area contributed by atoms with E-state index in [0.29, 0.717) is 31.3 Å². The van der Waals surface area contributed by atoms with Gasteiger partial charge in [0.15, 0.2) is 5.78 Å². The molecule has 2 N–H and O–H groups in total. The molecule has 1 aromatic carbocycles. The van der Waals surface area contributed by atoms with Gasteiger partial charge < -0.3 is 19.8 Å². The summed E-state index contributed by atoms with van der Waals surface area (Å²) in [5, 5.41) is 23.1. The van der Waals surface area contributed by atoms with Crippen molar-refractivity contribution in [2.75, 3.05) is 33.7 Å². The summed E-state index contributed by atoms with van der Waals surface area (Å²) < 4.78 is 6.20. The Kier molecular flexibility index (Phi) is 12.2. The zero-order chi connectivity index (χ0) is 42.1. The molecule has 1 aromatic rings. The van der Waals surface area contributed by atoms with E-state index in [1.165, 1.54) is 5.57 Å². The molecule has 4 saturated carbocycles. The van der Waals surface area contributed by atoms with E-state index >= 15 is 0 Å². The van der Waals surface area contributed by atoms with E-state index in [0.717, 1.165) is 80.6 Å². The number of halogens is 1. The molecule has 57 heavy (non-hydrogen) atoms. The van der Waals surface area contributed by atoms with Gasteiger partial charge in [-0.2, -0.15) is 0 Å². The molecule has 0 aliphatic heterocycles. The van der Waals surface area contributed by atoms with E-state index in [2.05, 4.69) is 78.4 Å². The van der Waals surface area contributed by atoms with Crippen LogP contribution in [-0.2, 0) is 25.7 Å². The highest BCUT2D eigenvalue weighted by molar-refractivity contribution is 6.31. The van der Waals surface area contributed by atoms with Crippen LogP contribution < -0.4 is 0 Å². The van der Waals surface area contributed by atoms with E-state index in [9.17, 15) is 24.6 Å². The number of esters is 1. The normalized spacial score (nSPS) is 35.5. The van der Waals surface area contributed by atoms with Gasteiger partial charge in [-0.25, -0.2) is 0 Å². The van der Waals surface area contributed by atoms with Crippen molar-refractivity contribution in [3.05, 3.63) is 46.0 Å². The van der Waals surface area contributed by atoms with E-state index in [1.807, 2.05) is 18.2 Å². The molecule has 0 amide bonds. The van der Waals surface area contributed by atoms with Crippen molar-refractivity contribution in [1.29, 1.82) is 0 Å². The average molecular weight is 810 g/mol. The summed E-state index contributed by atoms with van der Waals surface area (Å²) in [6, 6.07) is 7.98. The Labute approximate surface area is 348 Å². The van der Waals surface area contributed by atoms with Crippen LogP contribution in [0.3, 0.4) is 0 Å². The zero-order valence-corrected chi connectivity index (χ0v) is 37.7. The zero-order valence-electron chi connectivity index (χ0n) is 37.0. The molecule has 5 aliphatic rings. The molecule has 318 valence electrons. The third-order valence-corrected chi connectivity index (χ3v) is 17.5. The highest BCUT2D eigenvalue weighted by atomic mass is 35.5. The molecule has 0 saturated heterocycles. The van der Waals surface area contributed by atoms with E-state index in [4.69, 9.17) is 16.3 Å². The minimum absolute atomic E-state index is 0.0336. The van der Waals surface area contributed by atoms with Crippen LogP contribution in [0.5, 0.6) is 0 Å². The van der Waals surface area contributed by atoms with Crippen molar-refractivity contribution in [2.24, 2.45) is 56.2 Å². The number of rotatable bonds is 13. The smallest absolute Gasteiger partial charge is 0.309 e. The monoisotopic (exact) mass is 809 g/mol. The first-order chi connectivity index (χ1) is 26.4. The number of benzene rings is 1. The molecular weight excluding hydrogens is 736 g/mol. The summed E-state index contributed by atoms with van der Waals surface area (Å²) in [6.07, 6.45) is 7.07. The van der Waals surface area contributed by atoms with E-state index in [1.54, 1.807) is 13.8 Å². The largest absolute Gasteiger partial charge is 0.481 e. The highest BCUT2D eigenvalue weighted by Crippen LogP contribution is 2.77. The maximum Gasteiger partial charge on any atom is 0.309 e. The van der Waals surface area contributed by atoms with Crippen LogP contribution in [0.15, 0.2) is 35.4 Å². The number of aliphatic carboxylic acids is 1. The Bertz CT molecular complexity index is 1750. The van der Waals surface area contributed by atoms with Crippen molar-refractivity contribution in [2.45, 2.75) is 145 Å². The number of hydrogen-bond donors (Lipinski definition) is 2. The molecule has 5 aliphatic carbocycles. The van der Waals surface area contributed by atoms with Gasteiger partial charge in [0.25, 0.3) is 0 Å². The van der Waals surface area contributed by atoms with Gasteiger partial charge in [-0.1, -0.05) is 83.8 Å². The number of carboxylic acids is 1. The average Bonchev–Trinajstić information content (AvgIpc) is 3.42. The second kappa shape index (κ2) is 15.6. The van der Waals surface area contributed by atoms with Crippen molar-refractivity contribution in [1.82, 2.24) is 9.80 Å². The number of likely N-dealkylation sites (N-methyl/N-ethyl adjacent to an activating group) is 1. The molecule has 6 rings (SSSR count). The SMILES string of the molecule is CC(C)C1=C2[C@H]3CC[C@@H]4[C@@]5(C)CC[C@H](OC(=O)CC(C)(C)C(=O)O)C(C)(C)[C@@H]5CC[C@@]4(C)[C@]3(C)CC[C@@]2([C@@H](O)CN(CCN(C)C)Cc2ccccc2Cl)CC1=O. The van der Waals surface area contributed by atoms with Crippen molar-refractivity contribution >= 4 is 29.3 Å². The number of allylic oxidation sites excluding steroid dienone is 1. The van der Waals surface area contributed by atoms with Crippen LogP contribution in [0.1, 0.15) is 132 Å². The highest BCUT2D eigenvalue weighted by Gasteiger charge is 2.71. The molecular formula is C48H73ClN2O6. The second-order valence-corrected chi connectivity index (χ2v) is 22.1. The number of hydrogen-bond acceptors (Lipinski definition) is 7. The first kappa shape index (κ1) is 44.3. The number of ether oxygens (including phenoxy) is 1. The lowest BCUT2D eigenvalue weighted by atomic mass is 9.33. The molecule has 0 bridgehead atoms. The minimum Gasteiger partial charge on any atom is -0.481 e. The molecule has 8 nitrogen and oxygen atoms in total. The van der Waals surface area contributed by atoms with Crippen LogP contribution in [0, 0.1) is 56.2 Å². The van der Waals surface area contributed by atoms with Gasteiger partial charge in [-0.3, -0.25) is 19.3 Å². The van der Waals surface area contributed by atoms with Crippen molar-refractivity contribution in [3.8, 4) is 0 Å². The first-order valence-electron chi connectivity index (χ1n) is 21.9. The maximum atomic E-state index is 14.3. The number of fused-ring (bicyclic) bond motifs is 7. The van der Waals surface area contributed by atoms with E-state index < -0.39 is 28.9 Å². The number of carbonyl (C=O) groups excluding carboxylic acids is 2. The second-order valence-electron chi connectivity index (χ2n) is 21.7. The third-order valence-electron chi connectivity index (χ3n) is 17.1. The Morgan fingerprint density at radius 3 is 2.25 bits per heavy atom. The molecule has 9 atom stereocenters. The fourth-order valence-electron chi connectivity index (χ4n) is 13.8. The Morgan fingerprint density at radius 2 is 1.61 bits per heavy atom. The summed E-state index contributed by atoms with van der Waals surface area (Å²) in [6.45, 7) is 22.5. The number of carbonyl (C=O) groups is 3. The Morgan fingerprint density at radius 1 is 0.930 bits per heavy atom. The number of carboxylic acid groups (broad SMARTS) is 1. The first-order valence-corrected chi connectivity index (χ1v) is 22.3. The summed E-state index contributed by atoms with van der Waals surface area (Å²) in [7, 11) is 4.15. The number of Topliss-reactive ketones (excluding diaryl/α,β-unsaturated/α-hetero) is 1. The fraction of sp³-hybridized carbons (Fsp3) is 0.771. The van der Waals surface area contributed by atoms with Crippen molar-refractivity contribution < 1.29 is 29.3 Å². The molecule has 0 spiro atoms. The summed E-state index contributed by atoms with van der Waals surface area (Å²) in [4.78, 5) is 43.8. The van der Waals surface area contributed by atoms with Crippen LogP contribution in [0.4, 0.5) is 0 Å². The summed E-state index contributed by atoms with van der Waals surface area (Å²) in [5.41, 5.74) is 1.39. The molecule has 4 fully saturated rings. The third kappa shape index (κ3) is 7.47. The quantitative estimate of drug-likeness (QED) is 0.190. The number of nitrogens with zero attached hydrogens (tertiary/aromatic N) is 2. The van der Waals surface area contributed by atoms with Gasteiger partial charge >= 0.3 is 11.9 Å². The minimum atomic E-state index is -1.17. The van der Waals surface area contributed by atoms with Gasteiger partial charge in [0.1, 0.15) is 6.10 Å². The maximum absolute atomic E-state index is 14.3.